The van der Waals surface area contributed by atoms with E-state index in [1.165, 1.54) is 0 Å². The van der Waals surface area contributed by atoms with Crippen molar-refractivity contribution in [3.05, 3.63) is 23.7 Å². The molecule has 0 aliphatic carbocycles. The van der Waals surface area contributed by atoms with Crippen molar-refractivity contribution < 1.29 is 9.21 Å². The van der Waals surface area contributed by atoms with Gasteiger partial charge >= 0.3 is 0 Å². The lowest BCUT2D eigenvalue weighted by Crippen LogP contribution is -2.48. The van der Waals surface area contributed by atoms with Gasteiger partial charge in [0.25, 0.3) is 5.91 Å². The van der Waals surface area contributed by atoms with E-state index in [0.717, 1.165) is 38.3 Å². The molecular weight excluding hydrogens is 204 g/mol. The first-order chi connectivity index (χ1) is 7.72. The van der Waals surface area contributed by atoms with Crippen LogP contribution in [-0.2, 0) is 0 Å². The Morgan fingerprint density at radius 1 is 1.38 bits per heavy atom. The Kier molecular flexibility index (Phi) is 3.29. The predicted molar refractivity (Wildman–Crippen MR) is 61.5 cm³/mol. The van der Waals surface area contributed by atoms with Crippen LogP contribution < -0.4 is 0 Å². The number of carbonyl (C=O) groups is 1. The fourth-order valence-corrected chi connectivity index (χ4v) is 2.00. The van der Waals surface area contributed by atoms with Crippen molar-refractivity contribution in [3.8, 4) is 0 Å². The maximum absolute atomic E-state index is 12.1. The van der Waals surface area contributed by atoms with Crippen LogP contribution >= 0.6 is 0 Å². The van der Waals surface area contributed by atoms with Crippen molar-refractivity contribution >= 4 is 5.91 Å². The molecule has 1 amide bonds. The summed E-state index contributed by atoms with van der Waals surface area (Å²) in [5.74, 6) is 0.517. The molecule has 0 radical (unpaired) electrons. The molecule has 0 N–H and O–H groups in total. The lowest BCUT2D eigenvalue weighted by molar-refractivity contribution is 0.0611. The molecule has 2 heterocycles. The zero-order valence-electron chi connectivity index (χ0n) is 9.90. The maximum Gasteiger partial charge on any atom is 0.289 e. The van der Waals surface area contributed by atoms with Gasteiger partial charge < -0.3 is 14.2 Å². The summed E-state index contributed by atoms with van der Waals surface area (Å²) in [6, 6.07) is 1.83. The molecule has 1 aliphatic heterocycles. The number of furan rings is 1. The van der Waals surface area contributed by atoms with Crippen LogP contribution in [0.5, 0.6) is 0 Å². The van der Waals surface area contributed by atoms with Crippen LogP contribution in [0, 0.1) is 6.92 Å². The van der Waals surface area contributed by atoms with E-state index in [-0.39, 0.29) is 5.91 Å². The normalized spacial score (nSPS) is 17.8. The third-order valence-corrected chi connectivity index (χ3v) is 3.16. The van der Waals surface area contributed by atoms with Crippen LogP contribution in [0.25, 0.3) is 0 Å². The third kappa shape index (κ3) is 2.11. The average molecular weight is 222 g/mol. The highest BCUT2D eigenvalue weighted by atomic mass is 16.3. The largest absolute Gasteiger partial charge is 0.459 e. The number of hydrogen-bond acceptors (Lipinski definition) is 3. The third-order valence-electron chi connectivity index (χ3n) is 3.16. The number of likely N-dealkylation sites (N-methyl/N-ethyl adjacent to an activating group) is 1. The standard InChI is InChI=1S/C12H18N2O2/c1-3-13-5-7-14(8-6-13)12(15)11-10(2)4-9-16-11/h4,9H,3,5-8H2,1-2H3. The average Bonchev–Trinajstić information content (AvgIpc) is 2.75. The molecule has 1 aliphatic rings. The molecule has 4 nitrogen and oxygen atoms in total. The summed E-state index contributed by atoms with van der Waals surface area (Å²) in [5.41, 5.74) is 0.919. The minimum atomic E-state index is 0.0262. The fourth-order valence-electron chi connectivity index (χ4n) is 2.00. The zero-order chi connectivity index (χ0) is 11.5. The highest BCUT2D eigenvalue weighted by Gasteiger charge is 2.24. The highest BCUT2D eigenvalue weighted by Crippen LogP contribution is 2.13. The Hall–Kier alpha value is -1.29. The van der Waals surface area contributed by atoms with Gasteiger partial charge in [0, 0.05) is 31.7 Å². The summed E-state index contributed by atoms with van der Waals surface area (Å²) in [6.45, 7) is 8.62. The van der Waals surface area contributed by atoms with Crippen LogP contribution in [0.4, 0.5) is 0 Å². The van der Waals surface area contributed by atoms with Crippen molar-refractivity contribution in [2.75, 3.05) is 32.7 Å². The van der Waals surface area contributed by atoms with Crippen LogP contribution in [-0.4, -0.2) is 48.4 Å². The predicted octanol–water partition coefficient (Wildman–Crippen LogP) is 1.37. The van der Waals surface area contributed by atoms with Gasteiger partial charge in [-0.1, -0.05) is 6.92 Å². The monoisotopic (exact) mass is 222 g/mol. The number of amides is 1. The Bertz CT molecular complexity index is 365. The molecule has 1 fully saturated rings. The minimum absolute atomic E-state index is 0.0262. The first kappa shape index (κ1) is 11.2. The number of aryl methyl sites for hydroxylation is 1. The van der Waals surface area contributed by atoms with Crippen LogP contribution in [0.1, 0.15) is 23.0 Å². The van der Waals surface area contributed by atoms with E-state index >= 15 is 0 Å². The number of piperazine rings is 1. The smallest absolute Gasteiger partial charge is 0.289 e. The Morgan fingerprint density at radius 2 is 2.06 bits per heavy atom. The molecule has 2 rings (SSSR count). The highest BCUT2D eigenvalue weighted by molar-refractivity contribution is 5.92. The van der Waals surface area contributed by atoms with E-state index in [2.05, 4.69) is 11.8 Å². The van der Waals surface area contributed by atoms with Crippen LogP contribution in [0.15, 0.2) is 16.7 Å². The maximum atomic E-state index is 12.1. The van der Waals surface area contributed by atoms with Gasteiger partial charge in [-0.25, -0.2) is 0 Å². The summed E-state index contributed by atoms with van der Waals surface area (Å²) in [7, 11) is 0. The fraction of sp³-hybridized carbons (Fsp3) is 0.583. The lowest BCUT2D eigenvalue weighted by atomic mass is 10.2. The van der Waals surface area contributed by atoms with Crippen molar-refractivity contribution in [2.45, 2.75) is 13.8 Å². The van der Waals surface area contributed by atoms with Gasteiger partial charge in [-0.2, -0.15) is 0 Å². The summed E-state index contributed by atoms with van der Waals surface area (Å²) >= 11 is 0. The van der Waals surface area contributed by atoms with Gasteiger partial charge in [0.1, 0.15) is 0 Å². The molecule has 4 heteroatoms. The van der Waals surface area contributed by atoms with Crippen LogP contribution in [0.3, 0.4) is 0 Å². The van der Waals surface area contributed by atoms with Gasteiger partial charge in [-0.05, 0) is 19.5 Å². The second kappa shape index (κ2) is 4.70. The SMILES string of the molecule is CCN1CCN(C(=O)c2occc2C)CC1. The van der Waals surface area contributed by atoms with Crippen molar-refractivity contribution in [2.24, 2.45) is 0 Å². The van der Waals surface area contributed by atoms with E-state index in [4.69, 9.17) is 4.42 Å². The molecule has 0 bridgehead atoms. The zero-order valence-corrected chi connectivity index (χ0v) is 9.90. The Balaban J connectivity index is 2.00. The summed E-state index contributed by atoms with van der Waals surface area (Å²) in [4.78, 5) is 16.3. The van der Waals surface area contributed by atoms with Gasteiger partial charge in [0.2, 0.25) is 0 Å². The quantitative estimate of drug-likeness (QED) is 0.758. The molecule has 16 heavy (non-hydrogen) atoms. The molecule has 0 unspecified atom stereocenters. The molecule has 1 aromatic heterocycles. The topological polar surface area (TPSA) is 36.7 Å². The lowest BCUT2D eigenvalue weighted by Gasteiger charge is -2.33. The summed E-state index contributed by atoms with van der Waals surface area (Å²) < 4.78 is 5.23. The second-order valence-electron chi connectivity index (χ2n) is 4.16. The van der Waals surface area contributed by atoms with Gasteiger partial charge in [-0.15, -0.1) is 0 Å². The Morgan fingerprint density at radius 3 is 2.56 bits per heavy atom. The summed E-state index contributed by atoms with van der Waals surface area (Å²) in [6.07, 6.45) is 1.57. The minimum Gasteiger partial charge on any atom is -0.459 e. The summed E-state index contributed by atoms with van der Waals surface area (Å²) in [5, 5.41) is 0. The molecule has 1 aromatic rings. The van der Waals surface area contributed by atoms with Gasteiger partial charge in [0.15, 0.2) is 5.76 Å². The van der Waals surface area contributed by atoms with E-state index in [0.29, 0.717) is 5.76 Å². The van der Waals surface area contributed by atoms with E-state index < -0.39 is 0 Å². The molecule has 1 saturated heterocycles. The molecular formula is C12H18N2O2. The van der Waals surface area contributed by atoms with Gasteiger partial charge in [-0.3, -0.25) is 4.79 Å². The number of hydrogen-bond donors (Lipinski definition) is 0. The van der Waals surface area contributed by atoms with Crippen molar-refractivity contribution in [3.63, 3.8) is 0 Å². The van der Waals surface area contributed by atoms with E-state index in [9.17, 15) is 4.79 Å². The Labute approximate surface area is 95.8 Å². The van der Waals surface area contributed by atoms with Gasteiger partial charge in [0.05, 0.1) is 6.26 Å². The molecule has 0 saturated carbocycles. The number of nitrogens with zero attached hydrogens (tertiary/aromatic N) is 2. The van der Waals surface area contributed by atoms with E-state index in [1.807, 2.05) is 17.9 Å². The second-order valence-corrected chi connectivity index (χ2v) is 4.16. The molecule has 0 atom stereocenters. The molecule has 88 valence electrons. The first-order valence-corrected chi connectivity index (χ1v) is 5.78. The van der Waals surface area contributed by atoms with Crippen molar-refractivity contribution in [1.82, 2.24) is 9.80 Å². The number of carbonyl (C=O) groups excluding carboxylic acids is 1. The van der Waals surface area contributed by atoms with Crippen LogP contribution in [0.2, 0.25) is 0 Å². The first-order valence-electron chi connectivity index (χ1n) is 5.78. The van der Waals surface area contributed by atoms with E-state index in [1.54, 1.807) is 6.26 Å². The van der Waals surface area contributed by atoms with Crippen molar-refractivity contribution in [1.29, 1.82) is 0 Å². The number of rotatable bonds is 2. The molecule has 0 spiro atoms. The molecule has 0 aromatic carbocycles.